The van der Waals surface area contributed by atoms with Gasteiger partial charge in [-0.05, 0) is 31.9 Å². The minimum Gasteiger partial charge on any atom is -0.381 e. The normalized spacial score (nSPS) is 27.1. The lowest BCUT2D eigenvalue weighted by Gasteiger charge is -2.40. The quantitative estimate of drug-likeness (QED) is 0.824. The first-order valence-corrected chi connectivity index (χ1v) is 10.2. The molecule has 1 aromatic heterocycles. The fraction of sp³-hybridized carbons (Fsp3) is 0.737. The number of morpholine rings is 1. The Kier molecular flexibility index (Phi) is 5.13. The van der Waals surface area contributed by atoms with Crippen molar-refractivity contribution in [2.45, 2.75) is 26.3 Å². The number of nitrogens with zero attached hydrogens (tertiary/aromatic N) is 2. The van der Waals surface area contributed by atoms with Crippen molar-refractivity contribution < 1.29 is 14.3 Å². The number of thiophene rings is 1. The number of aryl methyl sites for hydroxylation is 1. The van der Waals surface area contributed by atoms with Gasteiger partial charge < -0.3 is 14.4 Å². The molecule has 0 saturated carbocycles. The van der Waals surface area contributed by atoms with Gasteiger partial charge in [0.05, 0.1) is 19.1 Å². The number of likely N-dealkylation sites (tertiary alicyclic amines) is 1. The van der Waals surface area contributed by atoms with E-state index in [1.165, 1.54) is 9.75 Å². The molecule has 5 nitrogen and oxygen atoms in total. The smallest absolute Gasteiger partial charge is 0.227 e. The van der Waals surface area contributed by atoms with E-state index in [1.807, 2.05) is 16.2 Å². The minimum absolute atomic E-state index is 0.0972. The van der Waals surface area contributed by atoms with Crippen LogP contribution in [0.15, 0.2) is 12.1 Å². The predicted molar refractivity (Wildman–Crippen MR) is 97.7 cm³/mol. The molecule has 0 aliphatic carbocycles. The molecule has 0 radical (unpaired) electrons. The highest BCUT2D eigenvalue weighted by Crippen LogP contribution is 2.45. The van der Waals surface area contributed by atoms with Crippen LogP contribution in [0.1, 0.15) is 22.6 Å². The molecule has 3 saturated heterocycles. The molecule has 25 heavy (non-hydrogen) atoms. The molecule has 4 rings (SSSR count). The zero-order chi connectivity index (χ0) is 17.3. The Hall–Kier alpha value is -0.950. The molecule has 0 N–H and O–H groups in total. The Balaban J connectivity index is 1.51. The van der Waals surface area contributed by atoms with Crippen LogP contribution in [0, 0.1) is 18.3 Å². The number of carbonyl (C=O) groups is 1. The van der Waals surface area contributed by atoms with Gasteiger partial charge in [-0.2, -0.15) is 0 Å². The SMILES string of the molecule is Cc1ccc(CN2C[C@@H](C(=O)N3CCOCC3)C3(CCOCC3)C2)s1. The Morgan fingerprint density at radius 1 is 1.20 bits per heavy atom. The first kappa shape index (κ1) is 17.5. The molecule has 3 aliphatic heterocycles. The van der Waals surface area contributed by atoms with E-state index in [9.17, 15) is 4.79 Å². The number of hydrogen-bond donors (Lipinski definition) is 0. The topological polar surface area (TPSA) is 42.0 Å². The van der Waals surface area contributed by atoms with Gasteiger partial charge in [-0.15, -0.1) is 11.3 Å². The Morgan fingerprint density at radius 3 is 2.60 bits per heavy atom. The van der Waals surface area contributed by atoms with Crippen molar-refractivity contribution in [1.29, 1.82) is 0 Å². The van der Waals surface area contributed by atoms with Gasteiger partial charge in [-0.1, -0.05) is 0 Å². The van der Waals surface area contributed by atoms with Crippen molar-refractivity contribution in [3.8, 4) is 0 Å². The highest BCUT2D eigenvalue weighted by molar-refractivity contribution is 7.11. The van der Waals surface area contributed by atoms with E-state index < -0.39 is 0 Å². The molecule has 0 unspecified atom stereocenters. The third kappa shape index (κ3) is 3.63. The fourth-order valence-corrected chi connectivity index (χ4v) is 5.54. The summed E-state index contributed by atoms with van der Waals surface area (Å²) in [6, 6.07) is 4.42. The number of hydrogen-bond acceptors (Lipinski definition) is 5. The van der Waals surface area contributed by atoms with Crippen LogP contribution in [-0.2, 0) is 20.8 Å². The van der Waals surface area contributed by atoms with Crippen molar-refractivity contribution in [2.24, 2.45) is 11.3 Å². The highest BCUT2D eigenvalue weighted by atomic mass is 32.1. The molecule has 3 aliphatic rings. The van der Waals surface area contributed by atoms with Crippen LogP contribution in [-0.4, -0.2) is 68.3 Å². The van der Waals surface area contributed by atoms with Crippen LogP contribution < -0.4 is 0 Å². The maximum Gasteiger partial charge on any atom is 0.227 e. The molecule has 1 atom stereocenters. The van der Waals surface area contributed by atoms with Crippen LogP contribution in [0.5, 0.6) is 0 Å². The summed E-state index contributed by atoms with van der Waals surface area (Å²) in [5.74, 6) is 0.450. The average Bonchev–Trinajstić information content (AvgIpc) is 3.19. The van der Waals surface area contributed by atoms with Crippen LogP contribution in [0.3, 0.4) is 0 Å². The van der Waals surface area contributed by atoms with Gasteiger partial charge in [0.1, 0.15) is 0 Å². The van der Waals surface area contributed by atoms with E-state index in [4.69, 9.17) is 9.47 Å². The van der Waals surface area contributed by atoms with Gasteiger partial charge in [0.15, 0.2) is 0 Å². The maximum absolute atomic E-state index is 13.3. The first-order chi connectivity index (χ1) is 12.2. The number of ether oxygens (including phenoxy) is 2. The van der Waals surface area contributed by atoms with Gasteiger partial charge in [0.2, 0.25) is 5.91 Å². The molecule has 3 fully saturated rings. The summed E-state index contributed by atoms with van der Waals surface area (Å²) in [5, 5.41) is 0. The Bertz CT molecular complexity index is 606. The largest absolute Gasteiger partial charge is 0.381 e. The van der Waals surface area contributed by atoms with Crippen molar-refractivity contribution in [3.63, 3.8) is 0 Å². The summed E-state index contributed by atoms with van der Waals surface area (Å²) < 4.78 is 11.1. The monoisotopic (exact) mass is 364 g/mol. The Morgan fingerprint density at radius 2 is 1.92 bits per heavy atom. The van der Waals surface area contributed by atoms with Crippen molar-refractivity contribution in [2.75, 3.05) is 52.6 Å². The van der Waals surface area contributed by atoms with Gasteiger partial charge in [-0.3, -0.25) is 9.69 Å². The van der Waals surface area contributed by atoms with E-state index in [2.05, 4.69) is 24.0 Å². The molecule has 1 amide bonds. The maximum atomic E-state index is 13.3. The Labute approximate surface area is 153 Å². The van der Waals surface area contributed by atoms with Gasteiger partial charge in [0.25, 0.3) is 0 Å². The zero-order valence-corrected chi connectivity index (χ0v) is 15.9. The first-order valence-electron chi connectivity index (χ1n) is 9.38. The van der Waals surface area contributed by atoms with Crippen molar-refractivity contribution in [3.05, 3.63) is 21.9 Å². The second kappa shape index (κ2) is 7.35. The summed E-state index contributed by atoms with van der Waals surface area (Å²) in [7, 11) is 0. The van der Waals surface area contributed by atoms with Gasteiger partial charge in [-0.25, -0.2) is 0 Å². The average molecular weight is 365 g/mol. The molecule has 1 aromatic rings. The lowest BCUT2D eigenvalue weighted by Crippen LogP contribution is -2.49. The third-order valence-corrected chi connectivity index (χ3v) is 6.99. The lowest BCUT2D eigenvalue weighted by molar-refractivity contribution is -0.144. The summed E-state index contributed by atoms with van der Waals surface area (Å²) in [6.07, 6.45) is 2.02. The van der Waals surface area contributed by atoms with E-state index in [0.29, 0.717) is 19.1 Å². The minimum atomic E-state index is 0.0972. The molecule has 0 bridgehead atoms. The molecule has 0 aromatic carbocycles. The van der Waals surface area contributed by atoms with Crippen molar-refractivity contribution >= 4 is 17.2 Å². The van der Waals surface area contributed by atoms with Crippen molar-refractivity contribution in [1.82, 2.24) is 9.80 Å². The molecule has 138 valence electrons. The van der Waals surface area contributed by atoms with Crippen LogP contribution in [0.2, 0.25) is 0 Å². The van der Waals surface area contributed by atoms with E-state index >= 15 is 0 Å². The number of amides is 1. The molecular weight excluding hydrogens is 336 g/mol. The van der Waals surface area contributed by atoms with Gasteiger partial charge >= 0.3 is 0 Å². The lowest BCUT2D eigenvalue weighted by atomic mass is 9.71. The molecular formula is C19H28N2O3S. The number of rotatable bonds is 3. The number of carbonyl (C=O) groups excluding carboxylic acids is 1. The van der Waals surface area contributed by atoms with Crippen LogP contribution >= 0.6 is 11.3 Å². The van der Waals surface area contributed by atoms with E-state index in [0.717, 1.165) is 58.8 Å². The van der Waals surface area contributed by atoms with E-state index in [-0.39, 0.29) is 11.3 Å². The van der Waals surface area contributed by atoms with Gasteiger partial charge in [0, 0.05) is 61.1 Å². The molecule has 6 heteroatoms. The second-order valence-electron chi connectivity index (χ2n) is 7.65. The third-order valence-electron chi connectivity index (χ3n) is 6.00. The second-order valence-corrected chi connectivity index (χ2v) is 9.02. The van der Waals surface area contributed by atoms with E-state index in [1.54, 1.807) is 0 Å². The fourth-order valence-electron chi connectivity index (χ4n) is 4.61. The van der Waals surface area contributed by atoms with Crippen LogP contribution in [0.25, 0.3) is 0 Å². The summed E-state index contributed by atoms with van der Waals surface area (Å²) >= 11 is 1.87. The molecule has 1 spiro atoms. The highest BCUT2D eigenvalue weighted by Gasteiger charge is 2.51. The van der Waals surface area contributed by atoms with Crippen LogP contribution in [0.4, 0.5) is 0 Å². The predicted octanol–water partition coefficient (Wildman–Crippen LogP) is 2.14. The molecule has 4 heterocycles. The zero-order valence-electron chi connectivity index (χ0n) is 15.0. The summed E-state index contributed by atoms with van der Waals surface area (Å²) in [5.41, 5.74) is 0.0972. The summed E-state index contributed by atoms with van der Waals surface area (Å²) in [4.78, 5) is 20.6. The summed E-state index contributed by atoms with van der Waals surface area (Å²) in [6.45, 7) is 9.44. The standard InChI is InChI=1S/C19H28N2O3S/c1-15-2-3-16(25-15)12-20-13-17(18(22)21-6-10-24-11-7-21)19(14-20)4-8-23-9-5-19/h2-3,17H,4-14H2,1H3/t17-/m0/s1.